The van der Waals surface area contributed by atoms with Crippen LogP contribution in [0.2, 0.25) is 0 Å². The number of nitrogens with one attached hydrogen (secondary N) is 1. The van der Waals surface area contributed by atoms with Crippen LogP contribution in [0.1, 0.15) is 40.0 Å². The van der Waals surface area contributed by atoms with Gasteiger partial charge in [-0.1, -0.05) is 27.2 Å². The van der Waals surface area contributed by atoms with Crippen molar-refractivity contribution in [2.24, 2.45) is 5.92 Å². The van der Waals surface area contributed by atoms with Crippen LogP contribution in [0.4, 0.5) is 0 Å². The Morgan fingerprint density at radius 2 is 1.81 bits per heavy atom. The number of aliphatic hydroxyl groups is 1. The molecule has 0 heterocycles. The summed E-state index contributed by atoms with van der Waals surface area (Å²) in [5.41, 5.74) is 0. The Labute approximate surface area is 101 Å². The van der Waals surface area contributed by atoms with E-state index in [0.717, 1.165) is 18.9 Å². The fourth-order valence-electron chi connectivity index (χ4n) is 1.84. The Hall–Kier alpha value is -0.120. The van der Waals surface area contributed by atoms with Gasteiger partial charge in [0.25, 0.3) is 0 Å². The number of hydrogen-bond acceptors (Lipinski definition) is 3. The van der Waals surface area contributed by atoms with Crippen molar-refractivity contribution >= 4 is 0 Å². The topological polar surface area (TPSA) is 35.5 Å². The van der Waals surface area contributed by atoms with E-state index in [-0.39, 0.29) is 6.10 Å². The van der Waals surface area contributed by atoms with Gasteiger partial charge in [-0.15, -0.1) is 0 Å². The van der Waals surface area contributed by atoms with E-state index < -0.39 is 0 Å². The van der Waals surface area contributed by atoms with Gasteiger partial charge in [-0.3, -0.25) is 0 Å². The van der Waals surface area contributed by atoms with Gasteiger partial charge in [-0.05, 0) is 32.9 Å². The van der Waals surface area contributed by atoms with Gasteiger partial charge in [0.05, 0.1) is 6.10 Å². The Morgan fingerprint density at radius 3 is 2.25 bits per heavy atom. The van der Waals surface area contributed by atoms with Crippen molar-refractivity contribution < 1.29 is 5.11 Å². The van der Waals surface area contributed by atoms with Gasteiger partial charge in [0.2, 0.25) is 0 Å². The molecule has 0 amide bonds. The van der Waals surface area contributed by atoms with Crippen molar-refractivity contribution in [1.29, 1.82) is 0 Å². The van der Waals surface area contributed by atoms with Crippen LogP contribution >= 0.6 is 0 Å². The summed E-state index contributed by atoms with van der Waals surface area (Å²) in [5, 5.41) is 13.2. The second-order valence-corrected chi connectivity index (χ2v) is 5.18. The molecule has 3 unspecified atom stereocenters. The minimum Gasteiger partial charge on any atom is -0.390 e. The van der Waals surface area contributed by atoms with E-state index in [0.29, 0.717) is 12.6 Å². The zero-order valence-corrected chi connectivity index (χ0v) is 11.7. The third kappa shape index (κ3) is 8.08. The fraction of sp³-hybridized carbons (Fsp3) is 1.00. The summed E-state index contributed by atoms with van der Waals surface area (Å²) in [5.74, 6) is 0.767. The lowest BCUT2D eigenvalue weighted by atomic mass is 9.98. The number of hydrogen-bond donors (Lipinski definition) is 2. The summed E-state index contributed by atoms with van der Waals surface area (Å²) in [7, 11) is 3.97. The van der Waals surface area contributed by atoms with E-state index in [1.54, 1.807) is 0 Å². The summed E-state index contributed by atoms with van der Waals surface area (Å²) in [6.07, 6.45) is 3.32. The molecule has 0 aromatic carbocycles. The molecule has 0 aliphatic rings. The standard InChI is InChI=1S/C13H30N2O/c1-6-11(3)8-12(7-2)14-9-13(16)10-15(4)5/h11-14,16H,6-10H2,1-5H3. The first-order valence-electron chi connectivity index (χ1n) is 6.55. The molecule has 0 rings (SSSR count). The monoisotopic (exact) mass is 230 g/mol. The van der Waals surface area contributed by atoms with Crippen LogP contribution < -0.4 is 5.32 Å². The Bertz CT molecular complexity index is 162. The SMILES string of the molecule is CCC(C)CC(CC)NCC(O)CN(C)C. The lowest BCUT2D eigenvalue weighted by molar-refractivity contribution is 0.129. The van der Waals surface area contributed by atoms with Crippen LogP contribution in [0.25, 0.3) is 0 Å². The minimum absolute atomic E-state index is 0.263. The van der Waals surface area contributed by atoms with Gasteiger partial charge in [0, 0.05) is 19.1 Å². The van der Waals surface area contributed by atoms with E-state index in [9.17, 15) is 5.11 Å². The van der Waals surface area contributed by atoms with Crippen LogP contribution in [-0.4, -0.2) is 49.3 Å². The maximum Gasteiger partial charge on any atom is 0.0791 e. The summed E-state index contributed by atoms with van der Waals surface area (Å²) >= 11 is 0. The molecule has 98 valence electrons. The van der Waals surface area contributed by atoms with Crippen molar-refractivity contribution in [3.8, 4) is 0 Å². The molecule has 0 saturated carbocycles. The van der Waals surface area contributed by atoms with E-state index in [1.807, 2.05) is 19.0 Å². The summed E-state index contributed by atoms with van der Waals surface area (Å²) < 4.78 is 0. The van der Waals surface area contributed by atoms with Crippen molar-refractivity contribution in [1.82, 2.24) is 10.2 Å². The van der Waals surface area contributed by atoms with Gasteiger partial charge in [0.15, 0.2) is 0 Å². The van der Waals surface area contributed by atoms with Crippen LogP contribution in [0.5, 0.6) is 0 Å². The second-order valence-electron chi connectivity index (χ2n) is 5.18. The third-order valence-corrected chi connectivity index (χ3v) is 3.09. The van der Waals surface area contributed by atoms with Crippen molar-refractivity contribution in [3.05, 3.63) is 0 Å². The van der Waals surface area contributed by atoms with Crippen molar-refractivity contribution in [2.45, 2.75) is 52.2 Å². The van der Waals surface area contributed by atoms with Gasteiger partial charge in [-0.2, -0.15) is 0 Å². The summed E-state index contributed by atoms with van der Waals surface area (Å²) in [4.78, 5) is 2.02. The van der Waals surface area contributed by atoms with E-state index in [2.05, 4.69) is 26.1 Å². The maximum absolute atomic E-state index is 9.75. The Kier molecular flexibility index (Phi) is 8.90. The lowest BCUT2D eigenvalue weighted by Gasteiger charge is -2.23. The van der Waals surface area contributed by atoms with Gasteiger partial charge >= 0.3 is 0 Å². The molecule has 16 heavy (non-hydrogen) atoms. The molecule has 0 aliphatic heterocycles. The average molecular weight is 230 g/mol. The molecule has 0 spiro atoms. The highest BCUT2D eigenvalue weighted by Gasteiger charge is 2.12. The van der Waals surface area contributed by atoms with E-state index in [1.165, 1.54) is 12.8 Å². The molecular weight excluding hydrogens is 200 g/mol. The molecule has 2 N–H and O–H groups in total. The summed E-state index contributed by atoms with van der Waals surface area (Å²) in [6.45, 7) is 8.16. The predicted molar refractivity (Wildman–Crippen MR) is 70.7 cm³/mol. The second kappa shape index (κ2) is 8.97. The molecule has 0 aromatic rings. The van der Waals surface area contributed by atoms with Crippen molar-refractivity contribution in [2.75, 3.05) is 27.2 Å². The molecule has 0 saturated heterocycles. The largest absolute Gasteiger partial charge is 0.390 e. The molecule has 0 aromatic heterocycles. The first kappa shape index (κ1) is 15.9. The Morgan fingerprint density at radius 1 is 1.19 bits per heavy atom. The van der Waals surface area contributed by atoms with E-state index >= 15 is 0 Å². The highest BCUT2D eigenvalue weighted by Crippen LogP contribution is 2.11. The van der Waals surface area contributed by atoms with Gasteiger partial charge in [-0.25, -0.2) is 0 Å². The quantitative estimate of drug-likeness (QED) is 0.633. The van der Waals surface area contributed by atoms with E-state index in [4.69, 9.17) is 0 Å². The van der Waals surface area contributed by atoms with Crippen LogP contribution in [0, 0.1) is 5.92 Å². The highest BCUT2D eigenvalue weighted by molar-refractivity contribution is 4.71. The molecule has 0 radical (unpaired) electrons. The first-order chi connectivity index (χ1) is 7.49. The Balaban J connectivity index is 3.77. The highest BCUT2D eigenvalue weighted by atomic mass is 16.3. The molecule has 0 fully saturated rings. The van der Waals surface area contributed by atoms with Crippen LogP contribution in [0.15, 0.2) is 0 Å². The molecule has 0 bridgehead atoms. The number of rotatable bonds is 9. The van der Waals surface area contributed by atoms with Gasteiger partial charge in [0.1, 0.15) is 0 Å². The predicted octanol–water partition coefficient (Wildman–Crippen LogP) is 1.71. The van der Waals surface area contributed by atoms with Crippen LogP contribution in [0.3, 0.4) is 0 Å². The minimum atomic E-state index is -0.263. The maximum atomic E-state index is 9.75. The average Bonchev–Trinajstić information content (AvgIpc) is 2.22. The zero-order valence-electron chi connectivity index (χ0n) is 11.7. The molecule has 0 aliphatic carbocycles. The smallest absolute Gasteiger partial charge is 0.0791 e. The first-order valence-corrected chi connectivity index (χ1v) is 6.55. The number of aliphatic hydroxyl groups excluding tert-OH is 1. The third-order valence-electron chi connectivity index (χ3n) is 3.09. The molecule has 3 atom stereocenters. The normalized spacial score (nSPS) is 17.4. The fourth-order valence-corrected chi connectivity index (χ4v) is 1.84. The number of likely N-dealkylation sites (N-methyl/N-ethyl adjacent to an activating group) is 1. The lowest BCUT2D eigenvalue weighted by Crippen LogP contribution is -2.40. The zero-order chi connectivity index (χ0) is 12.6. The molecular formula is C13H30N2O. The van der Waals surface area contributed by atoms with Crippen molar-refractivity contribution in [3.63, 3.8) is 0 Å². The van der Waals surface area contributed by atoms with Crippen LogP contribution in [-0.2, 0) is 0 Å². The molecule has 3 nitrogen and oxygen atoms in total. The molecule has 3 heteroatoms. The number of nitrogens with zero attached hydrogens (tertiary/aromatic N) is 1. The summed E-state index contributed by atoms with van der Waals surface area (Å²) in [6, 6.07) is 0.548. The van der Waals surface area contributed by atoms with Gasteiger partial charge < -0.3 is 15.3 Å².